The van der Waals surface area contributed by atoms with Gasteiger partial charge in [-0.05, 0) is 11.6 Å². The minimum Gasteiger partial charge on any atom is -0.332 e. The smallest absolute Gasteiger partial charge is 0.332 e. The minimum absolute atomic E-state index is 0.0227. The first-order valence-corrected chi connectivity index (χ1v) is 5.31. The predicted molar refractivity (Wildman–Crippen MR) is 54.3 cm³/mol. The zero-order valence-electron chi connectivity index (χ0n) is 9.25. The molecule has 1 aliphatic rings. The van der Waals surface area contributed by atoms with Gasteiger partial charge >= 0.3 is 12.3 Å². The number of hydrogen-bond acceptors (Lipinski definition) is 2. The number of hydrogen-bond donors (Lipinski definition) is 0. The summed E-state index contributed by atoms with van der Waals surface area (Å²) < 4.78 is 50.1. The van der Waals surface area contributed by atoms with Crippen LogP contribution in [0.5, 0.6) is 0 Å². The van der Waals surface area contributed by atoms with Gasteiger partial charge in [-0.2, -0.15) is 8.78 Å². The number of rotatable bonds is 2. The standard InChI is InChI=1S/C11H10F4N2O/c12-9(13)11(14,15)10(18)17-5-3-8-7(6-17)2-1-4-16-8/h1-2,4,9H,3,5-6H2. The number of amides is 1. The highest BCUT2D eigenvalue weighted by Crippen LogP contribution is 2.28. The van der Waals surface area contributed by atoms with Gasteiger partial charge in [0.05, 0.1) is 0 Å². The molecule has 0 radical (unpaired) electrons. The summed E-state index contributed by atoms with van der Waals surface area (Å²) in [5.74, 6) is -6.45. The Morgan fingerprint density at radius 3 is 2.83 bits per heavy atom. The molecular formula is C11H10F4N2O. The number of carbonyl (C=O) groups is 1. The van der Waals surface area contributed by atoms with Gasteiger partial charge in [0.15, 0.2) is 0 Å². The second-order valence-corrected chi connectivity index (χ2v) is 4.01. The van der Waals surface area contributed by atoms with E-state index in [4.69, 9.17) is 0 Å². The van der Waals surface area contributed by atoms with Gasteiger partial charge < -0.3 is 4.90 Å². The zero-order valence-corrected chi connectivity index (χ0v) is 9.25. The highest BCUT2D eigenvalue weighted by molar-refractivity contribution is 5.84. The fraction of sp³-hybridized carbons (Fsp3) is 0.455. The van der Waals surface area contributed by atoms with Crippen LogP contribution in [0.2, 0.25) is 0 Å². The van der Waals surface area contributed by atoms with E-state index < -0.39 is 18.3 Å². The molecule has 0 fully saturated rings. The Labute approximate surface area is 100 Å². The highest BCUT2D eigenvalue weighted by atomic mass is 19.3. The second kappa shape index (κ2) is 4.55. The molecule has 18 heavy (non-hydrogen) atoms. The maximum absolute atomic E-state index is 12.9. The van der Waals surface area contributed by atoms with Crippen molar-refractivity contribution < 1.29 is 22.4 Å². The number of nitrogens with zero attached hydrogens (tertiary/aromatic N) is 2. The van der Waals surface area contributed by atoms with Crippen molar-refractivity contribution in [2.45, 2.75) is 25.3 Å². The number of aromatic nitrogens is 1. The quantitative estimate of drug-likeness (QED) is 0.762. The molecule has 0 aliphatic carbocycles. The lowest BCUT2D eigenvalue weighted by Gasteiger charge is -2.30. The van der Waals surface area contributed by atoms with E-state index in [1.807, 2.05) is 0 Å². The molecule has 0 spiro atoms. The third-order valence-corrected chi connectivity index (χ3v) is 2.81. The van der Waals surface area contributed by atoms with E-state index in [1.54, 1.807) is 18.3 Å². The van der Waals surface area contributed by atoms with Crippen molar-refractivity contribution in [2.75, 3.05) is 6.54 Å². The summed E-state index contributed by atoms with van der Waals surface area (Å²) in [7, 11) is 0. The molecule has 0 saturated heterocycles. The van der Waals surface area contributed by atoms with Crippen LogP contribution in [-0.2, 0) is 17.8 Å². The van der Waals surface area contributed by atoms with E-state index >= 15 is 0 Å². The Hall–Kier alpha value is -1.66. The second-order valence-electron chi connectivity index (χ2n) is 4.01. The molecule has 1 amide bonds. The van der Waals surface area contributed by atoms with Crippen LogP contribution in [-0.4, -0.2) is 34.7 Å². The summed E-state index contributed by atoms with van der Waals surface area (Å²) in [4.78, 5) is 16.1. The lowest BCUT2D eigenvalue weighted by atomic mass is 10.1. The molecule has 3 nitrogen and oxygen atoms in total. The highest BCUT2D eigenvalue weighted by Gasteiger charge is 2.51. The Morgan fingerprint density at radius 1 is 1.44 bits per heavy atom. The van der Waals surface area contributed by atoms with Crippen LogP contribution in [0.1, 0.15) is 11.3 Å². The van der Waals surface area contributed by atoms with Gasteiger partial charge in [-0.15, -0.1) is 0 Å². The van der Waals surface area contributed by atoms with E-state index in [0.717, 1.165) is 4.90 Å². The van der Waals surface area contributed by atoms with Crippen molar-refractivity contribution in [1.82, 2.24) is 9.88 Å². The summed E-state index contributed by atoms with van der Waals surface area (Å²) in [5, 5.41) is 0. The summed E-state index contributed by atoms with van der Waals surface area (Å²) in [5.41, 5.74) is 1.32. The van der Waals surface area contributed by atoms with Gasteiger partial charge in [-0.1, -0.05) is 6.07 Å². The third kappa shape index (κ3) is 2.16. The average molecular weight is 262 g/mol. The minimum atomic E-state index is -4.63. The van der Waals surface area contributed by atoms with Crippen LogP contribution in [0, 0.1) is 0 Å². The van der Waals surface area contributed by atoms with E-state index in [-0.39, 0.29) is 13.1 Å². The van der Waals surface area contributed by atoms with Gasteiger partial charge in [-0.25, -0.2) is 8.78 Å². The van der Waals surface area contributed by atoms with Crippen molar-refractivity contribution in [3.05, 3.63) is 29.6 Å². The Kier molecular flexibility index (Phi) is 3.23. The molecule has 7 heteroatoms. The van der Waals surface area contributed by atoms with Gasteiger partial charge in [0.2, 0.25) is 0 Å². The van der Waals surface area contributed by atoms with Crippen molar-refractivity contribution in [3.63, 3.8) is 0 Å². The van der Waals surface area contributed by atoms with Crippen LogP contribution in [0.15, 0.2) is 18.3 Å². The van der Waals surface area contributed by atoms with Crippen LogP contribution in [0.25, 0.3) is 0 Å². The molecule has 0 unspecified atom stereocenters. The zero-order chi connectivity index (χ0) is 13.3. The normalized spacial score (nSPS) is 15.7. The van der Waals surface area contributed by atoms with Crippen molar-refractivity contribution >= 4 is 5.91 Å². The number of halogens is 4. The average Bonchev–Trinajstić information content (AvgIpc) is 2.37. The first-order valence-electron chi connectivity index (χ1n) is 5.31. The molecule has 2 heterocycles. The summed E-state index contributed by atoms with van der Waals surface area (Å²) in [6.07, 6.45) is -2.13. The van der Waals surface area contributed by atoms with Crippen molar-refractivity contribution in [1.29, 1.82) is 0 Å². The SMILES string of the molecule is O=C(N1CCc2ncccc2C1)C(F)(F)C(F)F. The Balaban J connectivity index is 2.17. The first-order chi connectivity index (χ1) is 8.43. The fourth-order valence-corrected chi connectivity index (χ4v) is 1.84. The molecule has 1 aromatic rings. The van der Waals surface area contributed by atoms with Gasteiger partial charge in [-0.3, -0.25) is 9.78 Å². The predicted octanol–water partition coefficient (Wildman–Crippen LogP) is 1.87. The molecule has 1 aromatic heterocycles. The van der Waals surface area contributed by atoms with Gasteiger partial charge in [0, 0.05) is 31.4 Å². The van der Waals surface area contributed by atoms with Crippen molar-refractivity contribution in [3.8, 4) is 0 Å². The van der Waals surface area contributed by atoms with Gasteiger partial charge in [0.25, 0.3) is 5.91 Å². The molecule has 0 bridgehead atoms. The van der Waals surface area contributed by atoms with E-state index in [1.165, 1.54) is 0 Å². The fourth-order valence-electron chi connectivity index (χ4n) is 1.84. The van der Waals surface area contributed by atoms with Crippen LogP contribution in [0.3, 0.4) is 0 Å². The first kappa shape index (κ1) is 12.8. The molecule has 2 rings (SSSR count). The Bertz CT molecular complexity index is 464. The molecular weight excluding hydrogens is 252 g/mol. The van der Waals surface area contributed by atoms with E-state index in [9.17, 15) is 22.4 Å². The maximum atomic E-state index is 12.9. The number of pyridine rings is 1. The molecule has 0 saturated carbocycles. The number of alkyl halides is 4. The largest absolute Gasteiger partial charge is 0.383 e. The number of fused-ring (bicyclic) bond motifs is 1. The molecule has 0 aromatic carbocycles. The summed E-state index contributed by atoms with van der Waals surface area (Å²) in [6.45, 7) is -0.129. The van der Waals surface area contributed by atoms with E-state index in [0.29, 0.717) is 17.7 Å². The monoisotopic (exact) mass is 262 g/mol. The lowest BCUT2D eigenvalue weighted by Crippen LogP contribution is -2.49. The van der Waals surface area contributed by atoms with Crippen molar-refractivity contribution in [2.24, 2.45) is 0 Å². The molecule has 1 aliphatic heterocycles. The molecule has 98 valence electrons. The Morgan fingerprint density at radius 2 is 2.17 bits per heavy atom. The van der Waals surface area contributed by atoms with Crippen LogP contribution < -0.4 is 0 Å². The van der Waals surface area contributed by atoms with Gasteiger partial charge in [0.1, 0.15) is 0 Å². The molecule has 0 N–H and O–H groups in total. The lowest BCUT2D eigenvalue weighted by molar-refractivity contribution is -0.181. The maximum Gasteiger partial charge on any atom is 0.383 e. The van der Waals surface area contributed by atoms with Crippen LogP contribution in [0.4, 0.5) is 17.6 Å². The third-order valence-electron chi connectivity index (χ3n) is 2.81. The summed E-state index contributed by atoms with van der Waals surface area (Å²) >= 11 is 0. The summed E-state index contributed by atoms with van der Waals surface area (Å²) in [6, 6.07) is 3.25. The van der Waals surface area contributed by atoms with E-state index in [2.05, 4.69) is 4.98 Å². The number of carbonyl (C=O) groups excluding carboxylic acids is 1. The topological polar surface area (TPSA) is 33.2 Å². The molecule has 0 atom stereocenters. The van der Waals surface area contributed by atoms with Crippen LogP contribution >= 0.6 is 0 Å².